The van der Waals surface area contributed by atoms with Crippen molar-refractivity contribution in [2.75, 3.05) is 39.4 Å². The molecule has 2 heterocycles. The molecule has 0 N–H and O–H groups in total. The maximum absolute atomic E-state index is 13.3. The fourth-order valence-electron chi connectivity index (χ4n) is 4.14. The van der Waals surface area contributed by atoms with Gasteiger partial charge in [0.05, 0.1) is 24.7 Å². The lowest BCUT2D eigenvalue weighted by Crippen LogP contribution is -2.49. The molecule has 0 bridgehead atoms. The minimum atomic E-state index is -0.174. The summed E-state index contributed by atoms with van der Waals surface area (Å²) in [6, 6.07) is 12.4. The quantitative estimate of drug-likeness (QED) is 0.645. The van der Waals surface area contributed by atoms with Crippen molar-refractivity contribution in [2.24, 2.45) is 5.92 Å². The Hall–Kier alpha value is -2.28. The molecular formula is C24H26Cl2N2O4. The number of hydrogen-bond acceptors (Lipinski definition) is 4. The summed E-state index contributed by atoms with van der Waals surface area (Å²) < 4.78 is 11.3. The molecule has 0 aromatic heterocycles. The molecule has 32 heavy (non-hydrogen) atoms. The van der Waals surface area contributed by atoms with Crippen LogP contribution in [0.25, 0.3) is 0 Å². The van der Waals surface area contributed by atoms with E-state index in [1.807, 2.05) is 23.1 Å². The second kappa shape index (κ2) is 10.6. The van der Waals surface area contributed by atoms with Crippen molar-refractivity contribution in [3.05, 3.63) is 63.6 Å². The Balaban J connectivity index is 1.44. The van der Waals surface area contributed by atoms with Crippen LogP contribution < -0.4 is 4.74 Å². The normalized spacial score (nSPS) is 19.0. The lowest BCUT2D eigenvalue weighted by Gasteiger charge is -2.36. The number of rotatable bonds is 5. The highest BCUT2D eigenvalue weighted by Crippen LogP contribution is 2.27. The highest BCUT2D eigenvalue weighted by Gasteiger charge is 2.32. The standard InChI is InChI=1S/C24H26Cl2N2O4/c25-19-8-7-18(21(26)14-19)16-32-22-6-2-1-5-20(22)24(30)28-9-3-4-17(15-28)23(29)27-10-12-31-13-11-27/h1-2,5-8,14,17H,3-4,9-13,15-16H2/t17-/m0/s1. The van der Waals surface area contributed by atoms with E-state index in [4.69, 9.17) is 32.7 Å². The second-order valence-electron chi connectivity index (χ2n) is 8.05. The first kappa shape index (κ1) is 22.9. The third-order valence-corrected chi connectivity index (χ3v) is 6.48. The fourth-order valence-corrected chi connectivity index (χ4v) is 4.60. The van der Waals surface area contributed by atoms with Crippen molar-refractivity contribution in [2.45, 2.75) is 19.4 Å². The summed E-state index contributed by atoms with van der Waals surface area (Å²) in [5, 5.41) is 1.07. The summed E-state index contributed by atoms with van der Waals surface area (Å²) in [6.45, 7) is 3.65. The Bertz CT molecular complexity index is 978. The molecule has 2 aliphatic heterocycles. The number of piperidine rings is 1. The third kappa shape index (κ3) is 5.37. The van der Waals surface area contributed by atoms with Gasteiger partial charge in [0.25, 0.3) is 5.91 Å². The molecule has 0 saturated carbocycles. The van der Waals surface area contributed by atoms with Crippen LogP contribution >= 0.6 is 23.2 Å². The zero-order valence-corrected chi connectivity index (χ0v) is 19.3. The van der Waals surface area contributed by atoms with Crippen molar-refractivity contribution in [3.63, 3.8) is 0 Å². The Morgan fingerprint density at radius 3 is 2.59 bits per heavy atom. The van der Waals surface area contributed by atoms with Crippen molar-refractivity contribution in [3.8, 4) is 5.75 Å². The largest absolute Gasteiger partial charge is 0.488 e. The SMILES string of the molecule is O=C(c1ccccc1OCc1ccc(Cl)cc1Cl)N1CCC[C@H](C(=O)N2CCOCC2)C1. The molecular weight excluding hydrogens is 451 g/mol. The first-order valence-electron chi connectivity index (χ1n) is 10.8. The van der Waals surface area contributed by atoms with Crippen LogP contribution in [0.2, 0.25) is 10.0 Å². The number of benzene rings is 2. The van der Waals surface area contributed by atoms with E-state index in [9.17, 15) is 9.59 Å². The molecule has 2 aliphatic rings. The number of ether oxygens (including phenoxy) is 2. The van der Waals surface area contributed by atoms with E-state index in [0.717, 1.165) is 18.4 Å². The number of nitrogens with zero attached hydrogens (tertiary/aromatic N) is 2. The summed E-state index contributed by atoms with van der Waals surface area (Å²) in [7, 11) is 0. The third-order valence-electron chi connectivity index (χ3n) is 5.90. The van der Waals surface area contributed by atoms with Gasteiger partial charge >= 0.3 is 0 Å². The van der Waals surface area contributed by atoms with Crippen molar-refractivity contribution in [1.82, 2.24) is 9.80 Å². The molecule has 2 amide bonds. The van der Waals surface area contributed by atoms with Gasteiger partial charge in [-0.1, -0.05) is 41.4 Å². The van der Waals surface area contributed by atoms with Gasteiger partial charge in [0.15, 0.2) is 0 Å². The number of hydrogen-bond donors (Lipinski definition) is 0. The topological polar surface area (TPSA) is 59.1 Å². The number of likely N-dealkylation sites (tertiary alicyclic amines) is 1. The van der Waals surface area contributed by atoms with Crippen LogP contribution in [0.5, 0.6) is 5.75 Å². The van der Waals surface area contributed by atoms with Crippen LogP contribution in [0.3, 0.4) is 0 Å². The summed E-state index contributed by atoms with van der Waals surface area (Å²) in [4.78, 5) is 29.9. The summed E-state index contributed by atoms with van der Waals surface area (Å²) in [5.74, 6) is 0.312. The predicted octanol–water partition coefficient (Wildman–Crippen LogP) is 4.28. The van der Waals surface area contributed by atoms with Gasteiger partial charge in [0.2, 0.25) is 5.91 Å². The van der Waals surface area contributed by atoms with Crippen molar-refractivity contribution in [1.29, 1.82) is 0 Å². The number of para-hydroxylation sites is 1. The molecule has 0 unspecified atom stereocenters. The van der Waals surface area contributed by atoms with Gasteiger partial charge in [-0.3, -0.25) is 9.59 Å². The van der Waals surface area contributed by atoms with Crippen molar-refractivity contribution >= 4 is 35.0 Å². The molecule has 170 valence electrons. The Labute approximate surface area is 198 Å². The maximum Gasteiger partial charge on any atom is 0.257 e. The van der Waals surface area contributed by atoms with Crippen LogP contribution in [-0.4, -0.2) is 61.0 Å². The summed E-state index contributed by atoms with van der Waals surface area (Å²) in [5.41, 5.74) is 1.27. The molecule has 2 aromatic rings. The first-order valence-corrected chi connectivity index (χ1v) is 11.6. The lowest BCUT2D eigenvalue weighted by atomic mass is 9.95. The van der Waals surface area contributed by atoms with Crippen LogP contribution in [0.1, 0.15) is 28.8 Å². The van der Waals surface area contributed by atoms with Crippen LogP contribution in [0.4, 0.5) is 0 Å². The number of carbonyl (C=O) groups excluding carboxylic acids is 2. The lowest BCUT2D eigenvalue weighted by molar-refractivity contribution is -0.141. The molecule has 2 aromatic carbocycles. The van der Waals surface area contributed by atoms with E-state index < -0.39 is 0 Å². The molecule has 2 fully saturated rings. The van der Waals surface area contributed by atoms with E-state index in [0.29, 0.717) is 60.8 Å². The highest BCUT2D eigenvalue weighted by molar-refractivity contribution is 6.35. The van der Waals surface area contributed by atoms with E-state index in [1.54, 1.807) is 29.2 Å². The predicted molar refractivity (Wildman–Crippen MR) is 123 cm³/mol. The molecule has 0 aliphatic carbocycles. The van der Waals surface area contributed by atoms with Crippen LogP contribution in [-0.2, 0) is 16.1 Å². The van der Waals surface area contributed by atoms with Gasteiger partial charge in [0.1, 0.15) is 12.4 Å². The zero-order chi connectivity index (χ0) is 22.5. The molecule has 1 atom stereocenters. The number of amides is 2. The van der Waals surface area contributed by atoms with Gasteiger partial charge in [0, 0.05) is 41.8 Å². The number of carbonyl (C=O) groups is 2. The number of morpholine rings is 1. The molecule has 8 heteroatoms. The van der Waals surface area contributed by atoms with Gasteiger partial charge < -0.3 is 19.3 Å². The van der Waals surface area contributed by atoms with E-state index in [1.165, 1.54) is 0 Å². The molecule has 0 radical (unpaired) electrons. The minimum Gasteiger partial charge on any atom is -0.488 e. The Morgan fingerprint density at radius 2 is 1.81 bits per heavy atom. The van der Waals surface area contributed by atoms with Gasteiger partial charge in [-0.05, 0) is 37.1 Å². The Kier molecular flexibility index (Phi) is 7.55. The zero-order valence-electron chi connectivity index (χ0n) is 17.8. The van der Waals surface area contributed by atoms with Gasteiger partial charge in [-0.15, -0.1) is 0 Å². The second-order valence-corrected chi connectivity index (χ2v) is 8.89. The number of halogens is 2. The van der Waals surface area contributed by atoms with E-state index in [2.05, 4.69) is 0 Å². The van der Waals surface area contributed by atoms with E-state index >= 15 is 0 Å². The molecule has 0 spiro atoms. The molecule has 6 nitrogen and oxygen atoms in total. The smallest absolute Gasteiger partial charge is 0.257 e. The molecule has 2 saturated heterocycles. The fraction of sp³-hybridized carbons (Fsp3) is 0.417. The van der Waals surface area contributed by atoms with Crippen LogP contribution in [0.15, 0.2) is 42.5 Å². The summed E-state index contributed by atoms with van der Waals surface area (Å²) in [6.07, 6.45) is 1.60. The van der Waals surface area contributed by atoms with Gasteiger partial charge in [-0.2, -0.15) is 0 Å². The average molecular weight is 477 g/mol. The maximum atomic E-state index is 13.3. The molecule has 4 rings (SSSR count). The minimum absolute atomic E-state index is 0.118. The first-order chi connectivity index (χ1) is 15.5. The summed E-state index contributed by atoms with van der Waals surface area (Å²) >= 11 is 12.2. The average Bonchev–Trinajstić information content (AvgIpc) is 2.83. The van der Waals surface area contributed by atoms with Crippen LogP contribution in [0, 0.1) is 5.92 Å². The van der Waals surface area contributed by atoms with Gasteiger partial charge in [-0.25, -0.2) is 0 Å². The Morgan fingerprint density at radius 1 is 1.03 bits per heavy atom. The highest BCUT2D eigenvalue weighted by atomic mass is 35.5. The van der Waals surface area contributed by atoms with Crippen molar-refractivity contribution < 1.29 is 19.1 Å². The monoisotopic (exact) mass is 476 g/mol. The van der Waals surface area contributed by atoms with E-state index in [-0.39, 0.29) is 24.3 Å².